The Morgan fingerprint density at radius 2 is 1.97 bits per heavy atom. The van der Waals surface area contributed by atoms with E-state index in [2.05, 4.69) is 9.88 Å². The smallest absolute Gasteiger partial charge is 0.326 e. The molecule has 2 heterocycles. The summed E-state index contributed by atoms with van der Waals surface area (Å²) in [6.45, 7) is 5.68. The molecule has 4 rings (SSSR count). The predicted molar refractivity (Wildman–Crippen MR) is 120 cm³/mol. The number of hydrogen-bond acceptors (Lipinski definition) is 5. The fraction of sp³-hybridized carbons (Fsp3) is 0.417. The molecule has 0 radical (unpaired) electrons. The number of benzene rings is 2. The number of aromatic nitrogens is 2. The number of H-pyrrole nitrogens is 1. The highest BCUT2D eigenvalue weighted by Gasteiger charge is 2.25. The van der Waals surface area contributed by atoms with E-state index in [0.29, 0.717) is 17.9 Å². The number of ketones is 1. The maximum Gasteiger partial charge on any atom is 0.326 e. The van der Waals surface area contributed by atoms with Gasteiger partial charge in [0.05, 0.1) is 16.6 Å². The van der Waals surface area contributed by atoms with E-state index in [4.69, 9.17) is 4.74 Å². The maximum atomic E-state index is 12.4. The van der Waals surface area contributed by atoms with Crippen LogP contribution in [0, 0.1) is 6.92 Å². The van der Waals surface area contributed by atoms with Crippen LogP contribution in [0.15, 0.2) is 47.3 Å². The van der Waals surface area contributed by atoms with Gasteiger partial charge in [-0.2, -0.15) is 0 Å². The number of nitrogens with zero attached hydrogens (tertiary/aromatic N) is 2. The average Bonchev–Trinajstić information content (AvgIpc) is 3.09. The lowest BCUT2D eigenvalue weighted by atomic mass is 10.0. The summed E-state index contributed by atoms with van der Waals surface area (Å²) < 4.78 is 7.62. The summed E-state index contributed by atoms with van der Waals surface area (Å²) in [5, 5.41) is 10.5. The molecular formula is C24H29N3O4. The van der Waals surface area contributed by atoms with Gasteiger partial charge in [0.15, 0.2) is 5.78 Å². The molecule has 0 bridgehead atoms. The first-order valence-corrected chi connectivity index (χ1v) is 10.8. The van der Waals surface area contributed by atoms with Crippen LogP contribution in [0.3, 0.4) is 0 Å². The fourth-order valence-corrected chi connectivity index (χ4v) is 4.38. The molecule has 31 heavy (non-hydrogen) atoms. The number of piperidine rings is 1. The molecular weight excluding hydrogens is 394 g/mol. The Bertz CT molecular complexity index is 1130. The second-order valence-corrected chi connectivity index (χ2v) is 8.37. The number of β-amino-alcohol motifs (C(OH)–C–C–N with tert-alkyl or cyclic N) is 1. The Kier molecular flexibility index (Phi) is 6.25. The molecule has 164 valence electrons. The predicted octanol–water partition coefficient (Wildman–Crippen LogP) is 2.92. The first kappa shape index (κ1) is 21.3. The van der Waals surface area contributed by atoms with Gasteiger partial charge in [0, 0.05) is 25.7 Å². The van der Waals surface area contributed by atoms with E-state index in [1.807, 2.05) is 47.9 Å². The lowest BCUT2D eigenvalue weighted by Crippen LogP contribution is -2.42. The summed E-state index contributed by atoms with van der Waals surface area (Å²) in [7, 11) is 0. The number of carbonyl (C=O) groups excluding carboxylic acids is 1. The van der Waals surface area contributed by atoms with Crippen LogP contribution in [0.2, 0.25) is 0 Å². The SMILES string of the molecule is CC(=O)c1cc(C)ccc1OCC(O)CN1CCC(n2c(=O)[nH]c3ccccc32)CC1. The van der Waals surface area contributed by atoms with Crippen LogP contribution in [-0.4, -0.2) is 57.7 Å². The number of hydrogen-bond donors (Lipinski definition) is 2. The minimum absolute atomic E-state index is 0.0530. The Morgan fingerprint density at radius 1 is 1.23 bits per heavy atom. The van der Waals surface area contributed by atoms with Crippen molar-refractivity contribution in [1.29, 1.82) is 0 Å². The number of rotatable bonds is 7. The van der Waals surface area contributed by atoms with Gasteiger partial charge in [0.1, 0.15) is 18.5 Å². The zero-order chi connectivity index (χ0) is 22.0. The third-order valence-corrected chi connectivity index (χ3v) is 5.96. The molecule has 1 fully saturated rings. The van der Waals surface area contributed by atoms with Crippen LogP contribution in [0.25, 0.3) is 11.0 Å². The first-order valence-electron chi connectivity index (χ1n) is 10.8. The molecule has 1 aliphatic heterocycles. The fourth-order valence-electron chi connectivity index (χ4n) is 4.38. The van der Waals surface area contributed by atoms with Gasteiger partial charge in [-0.15, -0.1) is 0 Å². The second-order valence-electron chi connectivity index (χ2n) is 8.37. The quantitative estimate of drug-likeness (QED) is 0.571. The van der Waals surface area contributed by atoms with Gasteiger partial charge in [-0.1, -0.05) is 23.8 Å². The first-order chi connectivity index (χ1) is 14.9. The van der Waals surface area contributed by atoms with Crippen LogP contribution < -0.4 is 10.4 Å². The highest BCUT2D eigenvalue weighted by molar-refractivity contribution is 5.97. The van der Waals surface area contributed by atoms with Crippen molar-refractivity contribution >= 4 is 16.8 Å². The van der Waals surface area contributed by atoms with Crippen molar-refractivity contribution in [1.82, 2.24) is 14.5 Å². The van der Waals surface area contributed by atoms with Crippen LogP contribution >= 0.6 is 0 Å². The lowest BCUT2D eigenvalue weighted by molar-refractivity contribution is 0.0555. The topological polar surface area (TPSA) is 87.6 Å². The van der Waals surface area contributed by atoms with E-state index >= 15 is 0 Å². The van der Waals surface area contributed by atoms with Crippen molar-refractivity contribution in [2.24, 2.45) is 0 Å². The van der Waals surface area contributed by atoms with Crippen molar-refractivity contribution in [2.45, 2.75) is 38.8 Å². The molecule has 1 aliphatic rings. The van der Waals surface area contributed by atoms with Crippen LogP contribution in [0.5, 0.6) is 5.75 Å². The number of fused-ring (bicyclic) bond motifs is 1. The Morgan fingerprint density at radius 3 is 2.71 bits per heavy atom. The number of carbonyl (C=O) groups is 1. The molecule has 0 aliphatic carbocycles. The largest absolute Gasteiger partial charge is 0.490 e. The van der Waals surface area contributed by atoms with Crippen LogP contribution in [-0.2, 0) is 0 Å². The molecule has 0 amide bonds. The van der Waals surface area contributed by atoms with Crippen molar-refractivity contribution in [2.75, 3.05) is 26.2 Å². The summed E-state index contributed by atoms with van der Waals surface area (Å²) in [4.78, 5) is 29.4. The molecule has 1 saturated heterocycles. The molecule has 2 aromatic carbocycles. The van der Waals surface area contributed by atoms with Gasteiger partial charge in [0.25, 0.3) is 0 Å². The van der Waals surface area contributed by atoms with Gasteiger partial charge in [-0.3, -0.25) is 9.36 Å². The molecule has 3 aromatic rings. The Hall–Kier alpha value is -2.90. The number of aryl methyl sites for hydroxylation is 1. The minimum atomic E-state index is -0.659. The normalized spacial score (nSPS) is 16.5. The average molecular weight is 424 g/mol. The maximum absolute atomic E-state index is 12.4. The lowest BCUT2D eigenvalue weighted by Gasteiger charge is -2.33. The van der Waals surface area contributed by atoms with E-state index in [-0.39, 0.29) is 24.1 Å². The summed E-state index contributed by atoms with van der Waals surface area (Å²) in [6, 6.07) is 13.4. The van der Waals surface area contributed by atoms with Crippen LogP contribution in [0.4, 0.5) is 0 Å². The second kappa shape index (κ2) is 9.08. The third kappa shape index (κ3) is 4.73. The number of likely N-dealkylation sites (tertiary alicyclic amines) is 1. The van der Waals surface area contributed by atoms with Crippen LogP contribution in [0.1, 0.15) is 41.7 Å². The van der Waals surface area contributed by atoms with E-state index in [1.165, 1.54) is 6.92 Å². The zero-order valence-corrected chi connectivity index (χ0v) is 18.0. The Balaban J connectivity index is 1.32. The highest BCUT2D eigenvalue weighted by atomic mass is 16.5. The number of aromatic amines is 1. The molecule has 1 unspecified atom stereocenters. The van der Waals surface area contributed by atoms with Gasteiger partial charge in [-0.05, 0) is 51.0 Å². The molecule has 2 N–H and O–H groups in total. The van der Waals surface area contributed by atoms with Crippen molar-refractivity contribution < 1.29 is 14.6 Å². The molecule has 7 heteroatoms. The number of aliphatic hydroxyl groups excluding tert-OH is 1. The summed E-state index contributed by atoms with van der Waals surface area (Å²) in [6.07, 6.45) is 1.04. The molecule has 1 atom stereocenters. The summed E-state index contributed by atoms with van der Waals surface area (Å²) in [5.41, 5.74) is 3.28. The summed E-state index contributed by atoms with van der Waals surface area (Å²) in [5.74, 6) is 0.456. The molecule has 7 nitrogen and oxygen atoms in total. The van der Waals surface area contributed by atoms with Gasteiger partial charge >= 0.3 is 5.69 Å². The van der Waals surface area contributed by atoms with Gasteiger partial charge < -0.3 is 19.7 Å². The molecule has 0 spiro atoms. The van der Waals surface area contributed by atoms with Gasteiger partial charge in [0.2, 0.25) is 0 Å². The molecule has 0 saturated carbocycles. The standard InChI is InChI=1S/C24H29N3O4/c1-16-7-8-23(20(13-16)17(2)28)31-15-19(29)14-26-11-9-18(10-12-26)27-22-6-4-3-5-21(22)25-24(27)30/h3-8,13,18-19,29H,9-12,14-15H2,1-2H3,(H,25,30). The number of para-hydroxylation sites is 2. The Labute approximate surface area is 181 Å². The number of aliphatic hydroxyl groups is 1. The third-order valence-electron chi connectivity index (χ3n) is 5.96. The number of Topliss-reactive ketones (excluding diaryl/α,β-unsaturated/α-hetero) is 1. The monoisotopic (exact) mass is 423 g/mol. The minimum Gasteiger partial charge on any atom is -0.490 e. The highest BCUT2D eigenvalue weighted by Crippen LogP contribution is 2.25. The number of ether oxygens (including phenoxy) is 1. The van der Waals surface area contributed by atoms with Crippen molar-refractivity contribution in [3.05, 3.63) is 64.1 Å². The van der Waals surface area contributed by atoms with Crippen molar-refractivity contribution in [3.63, 3.8) is 0 Å². The van der Waals surface area contributed by atoms with Crippen molar-refractivity contribution in [3.8, 4) is 5.75 Å². The summed E-state index contributed by atoms with van der Waals surface area (Å²) >= 11 is 0. The van der Waals surface area contributed by atoms with Gasteiger partial charge in [-0.25, -0.2) is 4.79 Å². The van der Waals surface area contributed by atoms with E-state index < -0.39 is 6.10 Å². The number of nitrogens with one attached hydrogen (secondary N) is 1. The molecule has 1 aromatic heterocycles. The zero-order valence-electron chi connectivity index (χ0n) is 18.0. The van der Waals surface area contributed by atoms with E-state index in [1.54, 1.807) is 6.07 Å². The van der Waals surface area contributed by atoms with E-state index in [9.17, 15) is 14.7 Å². The number of imidazole rings is 1. The van der Waals surface area contributed by atoms with E-state index in [0.717, 1.165) is 42.5 Å².